The molecule has 0 radical (unpaired) electrons. The SMILES string of the molecule is CCOC(=O)CCc1nnn(-c2c[nH]c3ccc(OC)cc23)n1. The standard InChI is InChI=1S/C15H17N5O3/c1-3-23-15(21)7-6-14-17-19-20(18-14)13-9-16-12-5-4-10(22-2)8-11(12)13/h4-5,8-9,16H,3,6-7H2,1-2H3. The van der Waals surface area contributed by atoms with Crippen molar-refractivity contribution in [2.75, 3.05) is 13.7 Å². The molecule has 120 valence electrons. The van der Waals surface area contributed by atoms with Gasteiger partial charge in [0.1, 0.15) is 11.4 Å². The van der Waals surface area contributed by atoms with E-state index >= 15 is 0 Å². The zero-order valence-corrected chi connectivity index (χ0v) is 12.9. The Morgan fingerprint density at radius 2 is 2.26 bits per heavy atom. The molecule has 0 unspecified atom stereocenters. The minimum Gasteiger partial charge on any atom is -0.497 e. The third-order valence-corrected chi connectivity index (χ3v) is 3.40. The molecule has 0 aliphatic heterocycles. The van der Waals surface area contributed by atoms with Crippen molar-refractivity contribution in [2.45, 2.75) is 19.8 Å². The highest BCUT2D eigenvalue weighted by atomic mass is 16.5. The minimum atomic E-state index is -0.263. The first-order chi connectivity index (χ1) is 11.2. The topological polar surface area (TPSA) is 94.9 Å². The van der Waals surface area contributed by atoms with E-state index in [4.69, 9.17) is 9.47 Å². The number of rotatable bonds is 6. The number of ether oxygens (including phenoxy) is 2. The molecule has 1 N–H and O–H groups in total. The van der Waals surface area contributed by atoms with E-state index in [9.17, 15) is 4.79 Å². The second-order valence-corrected chi connectivity index (χ2v) is 4.89. The van der Waals surface area contributed by atoms with Crippen LogP contribution < -0.4 is 4.74 Å². The molecule has 23 heavy (non-hydrogen) atoms. The van der Waals surface area contributed by atoms with Crippen molar-refractivity contribution < 1.29 is 14.3 Å². The molecule has 0 fully saturated rings. The number of aromatic nitrogens is 5. The fraction of sp³-hybridized carbons (Fsp3) is 0.333. The maximum atomic E-state index is 11.4. The molecule has 3 rings (SSSR count). The maximum Gasteiger partial charge on any atom is 0.306 e. The molecule has 0 bridgehead atoms. The summed E-state index contributed by atoms with van der Waals surface area (Å²) in [6.07, 6.45) is 2.44. The number of fused-ring (bicyclic) bond motifs is 1. The van der Waals surface area contributed by atoms with Crippen LogP contribution in [0.3, 0.4) is 0 Å². The summed E-state index contributed by atoms with van der Waals surface area (Å²) in [5, 5.41) is 13.3. The van der Waals surface area contributed by atoms with Crippen LogP contribution in [0.4, 0.5) is 0 Å². The monoisotopic (exact) mass is 315 g/mol. The number of H-pyrrole nitrogens is 1. The quantitative estimate of drug-likeness (QED) is 0.695. The zero-order chi connectivity index (χ0) is 16.2. The van der Waals surface area contributed by atoms with Crippen molar-refractivity contribution in [1.82, 2.24) is 25.2 Å². The Morgan fingerprint density at radius 1 is 1.39 bits per heavy atom. The molecule has 0 spiro atoms. The summed E-state index contributed by atoms with van der Waals surface area (Å²) in [6, 6.07) is 5.71. The number of hydrogen-bond donors (Lipinski definition) is 1. The van der Waals surface area contributed by atoms with Gasteiger partial charge in [0.05, 0.1) is 20.1 Å². The van der Waals surface area contributed by atoms with Gasteiger partial charge in [0.25, 0.3) is 0 Å². The number of aryl methyl sites for hydroxylation is 1. The smallest absolute Gasteiger partial charge is 0.306 e. The summed E-state index contributed by atoms with van der Waals surface area (Å²) >= 11 is 0. The van der Waals surface area contributed by atoms with E-state index < -0.39 is 0 Å². The number of benzene rings is 1. The van der Waals surface area contributed by atoms with Gasteiger partial charge in [-0.3, -0.25) is 4.79 Å². The van der Waals surface area contributed by atoms with E-state index in [-0.39, 0.29) is 12.4 Å². The summed E-state index contributed by atoms with van der Waals surface area (Å²) in [6.45, 7) is 2.15. The van der Waals surface area contributed by atoms with Crippen molar-refractivity contribution >= 4 is 16.9 Å². The Morgan fingerprint density at radius 3 is 3.04 bits per heavy atom. The average Bonchev–Trinajstić information content (AvgIpc) is 3.18. The van der Waals surface area contributed by atoms with E-state index in [1.54, 1.807) is 20.2 Å². The number of methoxy groups -OCH3 is 1. The largest absolute Gasteiger partial charge is 0.497 e. The van der Waals surface area contributed by atoms with Crippen LogP contribution in [-0.2, 0) is 16.0 Å². The second kappa shape index (κ2) is 6.47. The Bertz CT molecular complexity index is 823. The molecular formula is C15H17N5O3. The predicted molar refractivity (Wildman–Crippen MR) is 82.5 cm³/mol. The normalized spacial score (nSPS) is 10.9. The van der Waals surface area contributed by atoms with Gasteiger partial charge in [-0.15, -0.1) is 15.0 Å². The summed E-state index contributed by atoms with van der Waals surface area (Å²) in [5.41, 5.74) is 1.72. The summed E-state index contributed by atoms with van der Waals surface area (Å²) in [5.74, 6) is 0.983. The molecule has 0 amide bonds. The lowest BCUT2D eigenvalue weighted by atomic mass is 10.2. The number of esters is 1. The predicted octanol–water partition coefficient (Wildman–Crippen LogP) is 1.65. The van der Waals surface area contributed by atoms with Crippen LogP contribution in [-0.4, -0.2) is 44.9 Å². The third kappa shape index (κ3) is 3.15. The Labute approximate surface area is 132 Å². The van der Waals surface area contributed by atoms with Crippen LogP contribution >= 0.6 is 0 Å². The highest BCUT2D eigenvalue weighted by molar-refractivity contribution is 5.89. The molecule has 0 aliphatic rings. The van der Waals surface area contributed by atoms with Crippen molar-refractivity contribution in [2.24, 2.45) is 0 Å². The van der Waals surface area contributed by atoms with Crippen molar-refractivity contribution in [3.05, 3.63) is 30.2 Å². The summed E-state index contributed by atoms with van der Waals surface area (Å²) < 4.78 is 10.1. The Kier molecular flexibility index (Phi) is 4.22. The fourth-order valence-electron chi connectivity index (χ4n) is 2.27. The first-order valence-electron chi connectivity index (χ1n) is 7.31. The lowest BCUT2D eigenvalue weighted by molar-refractivity contribution is -0.143. The highest BCUT2D eigenvalue weighted by Gasteiger charge is 2.12. The molecule has 3 aromatic rings. The summed E-state index contributed by atoms with van der Waals surface area (Å²) in [4.78, 5) is 16.0. The lowest BCUT2D eigenvalue weighted by Crippen LogP contribution is -2.06. The molecule has 8 heteroatoms. The number of nitrogens with zero attached hydrogens (tertiary/aromatic N) is 4. The van der Waals surface area contributed by atoms with Crippen LogP contribution in [0, 0.1) is 0 Å². The van der Waals surface area contributed by atoms with Crippen molar-refractivity contribution in [1.29, 1.82) is 0 Å². The van der Waals surface area contributed by atoms with Gasteiger partial charge in [-0.25, -0.2) is 0 Å². The number of nitrogens with one attached hydrogen (secondary N) is 1. The van der Waals surface area contributed by atoms with E-state index in [1.165, 1.54) is 4.80 Å². The molecule has 8 nitrogen and oxygen atoms in total. The molecule has 0 saturated heterocycles. The van der Waals surface area contributed by atoms with Crippen LogP contribution in [0.1, 0.15) is 19.2 Å². The fourth-order valence-corrected chi connectivity index (χ4v) is 2.27. The first-order valence-corrected chi connectivity index (χ1v) is 7.31. The molecule has 2 heterocycles. The van der Waals surface area contributed by atoms with Gasteiger partial charge in [-0.2, -0.15) is 0 Å². The van der Waals surface area contributed by atoms with E-state index in [0.29, 0.717) is 18.9 Å². The molecule has 0 saturated carbocycles. The second-order valence-electron chi connectivity index (χ2n) is 4.89. The van der Waals surface area contributed by atoms with Gasteiger partial charge in [0.15, 0.2) is 5.82 Å². The number of hydrogen-bond acceptors (Lipinski definition) is 6. The Balaban J connectivity index is 1.81. The van der Waals surface area contributed by atoms with Crippen LogP contribution in [0.25, 0.3) is 16.6 Å². The third-order valence-electron chi connectivity index (χ3n) is 3.40. The molecule has 0 aliphatic carbocycles. The summed E-state index contributed by atoms with van der Waals surface area (Å²) in [7, 11) is 1.62. The van der Waals surface area contributed by atoms with Gasteiger partial charge in [0, 0.05) is 23.5 Å². The zero-order valence-electron chi connectivity index (χ0n) is 12.9. The number of carbonyl (C=O) groups is 1. The highest BCUT2D eigenvalue weighted by Crippen LogP contribution is 2.25. The maximum absolute atomic E-state index is 11.4. The molecule has 0 atom stereocenters. The minimum absolute atomic E-state index is 0.237. The average molecular weight is 315 g/mol. The van der Waals surface area contributed by atoms with Crippen LogP contribution in [0.15, 0.2) is 24.4 Å². The first kappa shape index (κ1) is 15.0. The number of carbonyl (C=O) groups excluding carboxylic acids is 1. The molecule has 1 aromatic carbocycles. The molecular weight excluding hydrogens is 298 g/mol. The van der Waals surface area contributed by atoms with Gasteiger partial charge < -0.3 is 14.5 Å². The van der Waals surface area contributed by atoms with Crippen LogP contribution in [0.5, 0.6) is 5.75 Å². The van der Waals surface area contributed by atoms with E-state index in [1.807, 2.05) is 18.2 Å². The molecule has 2 aromatic heterocycles. The van der Waals surface area contributed by atoms with E-state index in [0.717, 1.165) is 22.3 Å². The van der Waals surface area contributed by atoms with Gasteiger partial charge in [0.2, 0.25) is 0 Å². The van der Waals surface area contributed by atoms with Crippen molar-refractivity contribution in [3.63, 3.8) is 0 Å². The Hall–Kier alpha value is -2.90. The van der Waals surface area contributed by atoms with Gasteiger partial charge in [-0.1, -0.05) is 0 Å². The van der Waals surface area contributed by atoms with Crippen LogP contribution in [0.2, 0.25) is 0 Å². The van der Waals surface area contributed by atoms with E-state index in [2.05, 4.69) is 20.4 Å². The van der Waals surface area contributed by atoms with Gasteiger partial charge >= 0.3 is 5.97 Å². The van der Waals surface area contributed by atoms with Crippen molar-refractivity contribution in [3.8, 4) is 11.4 Å². The number of aromatic amines is 1. The number of tetrazole rings is 1. The van der Waals surface area contributed by atoms with Gasteiger partial charge in [-0.05, 0) is 30.3 Å². The lowest BCUT2D eigenvalue weighted by Gasteiger charge is -2.00.